The molecule has 0 aromatic rings. The van der Waals surface area contributed by atoms with Gasteiger partial charge in [-0.25, -0.2) is 0 Å². The number of carbonyl (C=O) groups is 1. The van der Waals surface area contributed by atoms with Crippen molar-refractivity contribution in [3.63, 3.8) is 0 Å². The van der Waals surface area contributed by atoms with Crippen molar-refractivity contribution in [3.8, 4) is 0 Å². The number of hydrogen-bond acceptors (Lipinski definition) is 3. The van der Waals surface area contributed by atoms with Gasteiger partial charge in [0.2, 0.25) is 5.91 Å². The van der Waals surface area contributed by atoms with Crippen molar-refractivity contribution in [1.29, 1.82) is 0 Å². The molecule has 0 atom stereocenters. The molecule has 4 nitrogen and oxygen atoms in total. The molecule has 3 aliphatic rings. The monoisotopic (exact) mass is 302 g/mol. The van der Waals surface area contributed by atoms with Crippen molar-refractivity contribution in [3.05, 3.63) is 0 Å². The first-order valence-corrected chi connectivity index (χ1v) is 7.76. The largest absolute Gasteiger partial charge is 0.384 e. The van der Waals surface area contributed by atoms with E-state index in [9.17, 15) is 4.79 Å². The van der Waals surface area contributed by atoms with E-state index in [1.54, 1.807) is 7.11 Å². The summed E-state index contributed by atoms with van der Waals surface area (Å²) < 4.78 is 5.35. The molecule has 0 bridgehead atoms. The van der Waals surface area contributed by atoms with Crippen LogP contribution in [0.1, 0.15) is 38.5 Å². The average molecular weight is 303 g/mol. The second-order valence-electron chi connectivity index (χ2n) is 6.64. The Balaban J connectivity index is 0.00000147. The SMILES string of the molecule is COCC1(C(=O)NC(C2CC2)C2CC2)CCNCC1.Cl. The van der Waals surface area contributed by atoms with Gasteiger partial charge in [0.05, 0.1) is 12.0 Å². The summed E-state index contributed by atoms with van der Waals surface area (Å²) in [6.45, 7) is 2.41. The molecule has 3 fully saturated rings. The standard InChI is InChI=1S/C15H26N2O2.ClH/c1-19-10-15(6-8-16-9-7-15)14(18)17-13(11-2-3-11)12-4-5-12;/h11-13,16H,2-10H2,1H3,(H,17,18);1H. The molecule has 0 unspecified atom stereocenters. The Labute approximate surface area is 127 Å². The molecule has 5 heteroatoms. The van der Waals surface area contributed by atoms with Gasteiger partial charge in [0.15, 0.2) is 0 Å². The fourth-order valence-corrected chi connectivity index (χ4v) is 3.45. The predicted octanol–water partition coefficient (Wildman–Crippen LogP) is 1.73. The van der Waals surface area contributed by atoms with E-state index in [0.717, 1.165) is 37.8 Å². The molecule has 2 N–H and O–H groups in total. The van der Waals surface area contributed by atoms with E-state index in [1.165, 1.54) is 25.7 Å². The number of carbonyl (C=O) groups excluding carboxylic acids is 1. The Kier molecular flexibility index (Phi) is 5.32. The lowest BCUT2D eigenvalue weighted by Crippen LogP contribution is -2.53. The van der Waals surface area contributed by atoms with Gasteiger partial charge in [0.25, 0.3) is 0 Å². The van der Waals surface area contributed by atoms with Gasteiger partial charge in [-0.15, -0.1) is 12.4 Å². The Morgan fingerprint density at radius 1 is 1.25 bits per heavy atom. The van der Waals surface area contributed by atoms with E-state index in [4.69, 9.17) is 4.74 Å². The maximum absolute atomic E-state index is 12.8. The van der Waals surface area contributed by atoms with Crippen LogP contribution >= 0.6 is 12.4 Å². The summed E-state index contributed by atoms with van der Waals surface area (Å²) in [5.74, 6) is 1.77. The number of amides is 1. The summed E-state index contributed by atoms with van der Waals surface area (Å²) in [6.07, 6.45) is 7.02. The minimum absolute atomic E-state index is 0. The molecule has 1 aliphatic heterocycles. The Morgan fingerprint density at radius 3 is 2.25 bits per heavy atom. The van der Waals surface area contributed by atoms with Crippen LogP contribution in [0, 0.1) is 17.3 Å². The number of nitrogens with one attached hydrogen (secondary N) is 2. The van der Waals surface area contributed by atoms with Crippen LogP contribution in [-0.4, -0.2) is 38.8 Å². The summed E-state index contributed by atoms with van der Waals surface area (Å²) in [7, 11) is 1.70. The molecule has 20 heavy (non-hydrogen) atoms. The molecule has 1 amide bonds. The Hall–Kier alpha value is -0.320. The van der Waals surface area contributed by atoms with Gasteiger partial charge in [-0.2, -0.15) is 0 Å². The van der Waals surface area contributed by atoms with Crippen LogP contribution in [-0.2, 0) is 9.53 Å². The highest BCUT2D eigenvalue weighted by Crippen LogP contribution is 2.45. The molecule has 1 saturated heterocycles. The predicted molar refractivity (Wildman–Crippen MR) is 81.0 cm³/mol. The molecule has 0 aromatic heterocycles. The number of piperidine rings is 1. The molecule has 3 rings (SSSR count). The van der Waals surface area contributed by atoms with E-state index in [1.807, 2.05) is 0 Å². The van der Waals surface area contributed by atoms with E-state index in [-0.39, 0.29) is 23.7 Å². The number of halogens is 1. The Morgan fingerprint density at radius 2 is 1.80 bits per heavy atom. The number of methoxy groups -OCH3 is 1. The minimum atomic E-state index is -0.290. The van der Waals surface area contributed by atoms with Gasteiger partial charge < -0.3 is 15.4 Å². The van der Waals surface area contributed by atoms with Crippen LogP contribution < -0.4 is 10.6 Å². The molecule has 0 radical (unpaired) electrons. The summed E-state index contributed by atoms with van der Waals surface area (Å²) in [5.41, 5.74) is -0.290. The third kappa shape index (κ3) is 3.46. The number of ether oxygens (including phenoxy) is 1. The van der Waals surface area contributed by atoms with E-state index < -0.39 is 0 Å². The molecule has 2 saturated carbocycles. The van der Waals surface area contributed by atoms with Gasteiger partial charge in [0.1, 0.15) is 0 Å². The van der Waals surface area contributed by atoms with Crippen LogP contribution in [0.5, 0.6) is 0 Å². The zero-order valence-electron chi connectivity index (χ0n) is 12.3. The normalized spacial score (nSPS) is 25.1. The first kappa shape index (κ1) is 16.1. The van der Waals surface area contributed by atoms with Crippen molar-refractivity contribution in [1.82, 2.24) is 10.6 Å². The van der Waals surface area contributed by atoms with Gasteiger partial charge in [-0.1, -0.05) is 0 Å². The molecule has 0 spiro atoms. The topological polar surface area (TPSA) is 50.4 Å². The van der Waals surface area contributed by atoms with E-state index in [2.05, 4.69) is 10.6 Å². The zero-order chi connectivity index (χ0) is 13.3. The quantitative estimate of drug-likeness (QED) is 0.785. The highest BCUT2D eigenvalue weighted by atomic mass is 35.5. The number of rotatable bonds is 6. The summed E-state index contributed by atoms with van der Waals surface area (Å²) in [4.78, 5) is 12.8. The smallest absolute Gasteiger partial charge is 0.228 e. The first-order valence-electron chi connectivity index (χ1n) is 7.76. The second-order valence-corrected chi connectivity index (χ2v) is 6.64. The van der Waals surface area contributed by atoms with Crippen LogP contribution in [0.4, 0.5) is 0 Å². The number of hydrogen-bond donors (Lipinski definition) is 2. The summed E-state index contributed by atoms with van der Waals surface area (Å²) in [5, 5.41) is 6.73. The van der Waals surface area contributed by atoms with Crippen LogP contribution in [0.15, 0.2) is 0 Å². The van der Waals surface area contributed by atoms with Crippen LogP contribution in [0.25, 0.3) is 0 Å². The van der Waals surface area contributed by atoms with Crippen molar-refractivity contribution in [2.75, 3.05) is 26.8 Å². The summed E-state index contributed by atoms with van der Waals surface area (Å²) in [6, 6.07) is 0.455. The fourth-order valence-electron chi connectivity index (χ4n) is 3.45. The highest BCUT2D eigenvalue weighted by molar-refractivity contribution is 5.85. The van der Waals surface area contributed by atoms with Gasteiger partial charge >= 0.3 is 0 Å². The second kappa shape index (κ2) is 6.63. The zero-order valence-corrected chi connectivity index (χ0v) is 13.1. The molecule has 1 heterocycles. The average Bonchev–Trinajstić information content (AvgIpc) is 3.30. The minimum Gasteiger partial charge on any atom is -0.384 e. The fraction of sp³-hybridized carbons (Fsp3) is 0.933. The van der Waals surface area contributed by atoms with Crippen molar-refractivity contribution in [2.24, 2.45) is 17.3 Å². The maximum atomic E-state index is 12.8. The van der Waals surface area contributed by atoms with Crippen LogP contribution in [0.2, 0.25) is 0 Å². The lowest BCUT2D eigenvalue weighted by atomic mass is 9.78. The van der Waals surface area contributed by atoms with E-state index in [0.29, 0.717) is 12.6 Å². The third-order valence-corrected chi connectivity index (χ3v) is 5.02. The maximum Gasteiger partial charge on any atom is 0.228 e. The Bertz CT molecular complexity index is 319. The lowest BCUT2D eigenvalue weighted by molar-refractivity contribution is -0.137. The lowest BCUT2D eigenvalue weighted by Gasteiger charge is -2.37. The van der Waals surface area contributed by atoms with Gasteiger partial charge in [-0.05, 0) is 63.5 Å². The molecule has 2 aliphatic carbocycles. The van der Waals surface area contributed by atoms with Crippen molar-refractivity contribution >= 4 is 18.3 Å². The molecular formula is C15H27ClN2O2. The summed E-state index contributed by atoms with van der Waals surface area (Å²) >= 11 is 0. The third-order valence-electron chi connectivity index (χ3n) is 5.02. The molecular weight excluding hydrogens is 276 g/mol. The highest BCUT2D eigenvalue weighted by Gasteiger charge is 2.46. The van der Waals surface area contributed by atoms with Gasteiger partial charge in [-0.3, -0.25) is 4.79 Å². The van der Waals surface area contributed by atoms with Crippen molar-refractivity contribution < 1.29 is 9.53 Å². The molecule has 116 valence electrons. The first-order chi connectivity index (χ1) is 9.25. The van der Waals surface area contributed by atoms with E-state index >= 15 is 0 Å². The molecule has 0 aromatic carbocycles. The van der Waals surface area contributed by atoms with Gasteiger partial charge in [0, 0.05) is 13.2 Å². The van der Waals surface area contributed by atoms with Crippen molar-refractivity contribution in [2.45, 2.75) is 44.6 Å². The van der Waals surface area contributed by atoms with Crippen LogP contribution in [0.3, 0.4) is 0 Å².